The molecule has 0 saturated heterocycles. The molecule has 1 fully saturated rings. The van der Waals surface area contributed by atoms with Crippen molar-refractivity contribution in [1.82, 2.24) is 0 Å². The van der Waals surface area contributed by atoms with Gasteiger partial charge in [0, 0.05) is 5.69 Å². The highest BCUT2D eigenvalue weighted by Gasteiger charge is 2.44. The second-order valence-corrected chi connectivity index (χ2v) is 4.40. The number of anilines is 1. The molecule has 0 spiro atoms. The van der Waals surface area contributed by atoms with Gasteiger partial charge in [-0.05, 0) is 24.0 Å². The number of hydrogen-bond donors (Lipinski definition) is 1. The van der Waals surface area contributed by atoms with E-state index in [4.69, 9.17) is 5.73 Å². The van der Waals surface area contributed by atoms with Crippen LogP contribution < -0.4 is 5.73 Å². The first-order valence-electron chi connectivity index (χ1n) is 5.39. The van der Waals surface area contributed by atoms with E-state index in [0.717, 1.165) is 12.8 Å². The third kappa shape index (κ3) is 2.49. The smallest absolute Gasteiger partial charge is 0.395 e. The van der Waals surface area contributed by atoms with Crippen molar-refractivity contribution in [3.63, 3.8) is 0 Å². The Morgan fingerprint density at radius 2 is 1.88 bits per heavy atom. The molecule has 0 amide bonds. The predicted octanol–water partition coefficient (Wildman–Crippen LogP) is 3.71. The summed E-state index contributed by atoms with van der Waals surface area (Å²) in [5.74, 6) is -1.17. The van der Waals surface area contributed by atoms with Crippen molar-refractivity contribution < 1.29 is 13.2 Å². The maximum absolute atomic E-state index is 12.9. The van der Waals surface area contributed by atoms with E-state index in [-0.39, 0.29) is 23.6 Å². The summed E-state index contributed by atoms with van der Waals surface area (Å²) in [4.78, 5) is 0. The van der Waals surface area contributed by atoms with Crippen LogP contribution in [-0.2, 0) is 0 Å². The average Bonchev–Trinajstić information content (AvgIpc) is 2.97. The molecule has 16 heavy (non-hydrogen) atoms. The highest BCUT2D eigenvalue weighted by Crippen LogP contribution is 2.46. The minimum absolute atomic E-state index is 0.178. The lowest BCUT2D eigenvalue weighted by Crippen LogP contribution is -2.22. The molecule has 0 heterocycles. The summed E-state index contributed by atoms with van der Waals surface area (Å²) in [6.07, 6.45) is -2.19. The number of nitrogen functional groups attached to an aromatic ring is 1. The van der Waals surface area contributed by atoms with Crippen LogP contribution in [-0.4, -0.2) is 6.18 Å². The van der Waals surface area contributed by atoms with E-state index < -0.39 is 12.1 Å². The summed E-state index contributed by atoms with van der Waals surface area (Å²) in [7, 11) is 0. The van der Waals surface area contributed by atoms with Crippen LogP contribution in [0.4, 0.5) is 18.9 Å². The lowest BCUT2D eigenvalue weighted by Gasteiger charge is -2.21. The first-order chi connectivity index (χ1) is 7.48. The van der Waals surface area contributed by atoms with Crippen molar-refractivity contribution in [3.05, 3.63) is 29.8 Å². The Labute approximate surface area is 92.5 Å². The predicted molar refractivity (Wildman–Crippen MR) is 57.0 cm³/mol. The summed E-state index contributed by atoms with van der Waals surface area (Å²) < 4.78 is 38.8. The van der Waals surface area contributed by atoms with Crippen LogP contribution in [0.2, 0.25) is 0 Å². The third-order valence-corrected chi connectivity index (χ3v) is 3.03. The highest BCUT2D eigenvalue weighted by molar-refractivity contribution is 5.49. The topological polar surface area (TPSA) is 26.0 Å². The van der Waals surface area contributed by atoms with Gasteiger partial charge < -0.3 is 5.73 Å². The van der Waals surface area contributed by atoms with Gasteiger partial charge in [0.1, 0.15) is 0 Å². The second-order valence-electron chi connectivity index (χ2n) is 4.40. The van der Waals surface area contributed by atoms with Gasteiger partial charge in [-0.3, -0.25) is 0 Å². The Bertz CT molecular complexity index is 369. The van der Waals surface area contributed by atoms with Gasteiger partial charge >= 0.3 is 6.18 Å². The largest absolute Gasteiger partial charge is 0.398 e. The molecule has 1 saturated carbocycles. The van der Waals surface area contributed by atoms with Gasteiger partial charge in [-0.25, -0.2) is 0 Å². The van der Waals surface area contributed by atoms with Gasteiger partial charge in [0.05, 0.1) is 5.92 Å². The van der Waals surface area contributed by atoms with Gasteiger partial charge in [-0.15, -0.1) is 0 Å². The van der Waals surface area contributed by atoms with Gasteiger partial charge in [0.25, 0.3) is 0 Å². The molecule has 1 aliphatic rings. The molecule has 1 aromatic carbocycles. The number of hydrogen-bond acceptors (Lipinski definition) is 1. The van der Waals surface area contributed by atoms with Crippen LogP contribution in [0, 0.1) is 5.92 Å². The molecule has 88 valence electrons. The summed E-state index contributed by atoms with van der Waals surface area (Å²) in [5.41, 5.74) is 6.08. The van der Waals surface area contributed by atoms with Crippen molar-refractivity contribution in [2.45, 2.75) is 31.4 Å². The molecular formula is C12H14F3N. The van der Waals surface area contributed by atoms with Crippen molar-refractivity contribution in [1.29, 1.82) is 0 Å². The van der Waals surface area contributed by atoms with Crippen LogP contribution in [0.3, 0.4) is 0 Å². The monoisotopic (exact) mass is 229 g/mol. The first kappa shape index (κ1) is 11.3. The van der Waals surface area contributed by atoms with Crippen LogP contribution >= 0.6 is 0 Å². The zero-order valence-electron chi connectivity index (χ0n) is 8.80. The zero-order valence-corrected chi connectivity index (χ0v) is 8.80. The number of rotatable bonds is 3. The molecule has 0 aliphatic heterocycles. The van der Waals surface area contributed by atoms with Crippen LogP contribution in [0.1, 0.15) is 30.7 Å². The van der Waals surface area contributed by atoms with Crippen LogP contribution in [0.25, 0.3) is 0 Å². The molecule has 1 atom stereocenters. The summed E-state index contributed by atoms with van der Waals surface area (Å²) in [6, 6.07) is 6.28. The lowest BCUT2D eigenvalue weighted by atomic mass is 9.91. The van der Waals surface area contributed by atoms with Crippen molar-refractivity contribution in [3.8, 4) is 0 Å². The molecule has 2 rings (SSSR count). The quantitative estimate of drug-likeness (QED) is 0.785. The Kier molecular flexibility index (Phi) is 2.82. The summed E-state index contributed by atoms with van der Waals surface area (Å²) in [5, 5.41) is 0. The standard InChI is InChI=1S/C12H14F3N/c13-12(14,15)10(7-8-5-6-8)9-3-1-2-4-11(9)16/h1-4,8,10H,5-7,16H2. The Morgan fingerprint density at radius 3 is 2.38 bits per heavy atom. The minimum atomic E-state index is -4.20. The van der Waals surface area contributed by atoms with Gasteiger partial charge in [-0.2, -0.15) is 13.2 Å². The second kappa shape index (κ2) is 4.00. The van der Waals surface area contributed by atoms with Crippen molar-refractivity contribution in [2.24, 2.45) is 5.92 Å². The van der Waals surface area contributed by atoms with E-state index in [1.165, 1.54) is 12.1 Å². The maximum atomic E-state index is 12.9. The molecule has 1 aromatic rings. The molecule has 4 heteroatoms. The Hall–Kier alpha value is -1.19. The van der Waals surface area contributed by atoms with Crippen LogP contribution in [0.15, 0.2) is 24.3 Å². The summed E-state index contributed by atoms with van der Waals surface area (Å²) in [6.45, 7) is 0. The fourth-order valence-corrected chi connectivity index (χ4v) is 1.95. The number of nitrogens with two attached hydrogens (primary N) is 1. The maximum Gasteiger partial charge on any atom is 0.395 e. The molecule has 0 radical (unpaired) electrons. The molecule has 0 aromatic heterocycles. The third-order valence-electron chi connectivity index (χ3n) is 3.03. The first-order valence-corrected chi connectivity index (χ1v) is 5.39. The van der Waals surface area contributed by atoms with E-state index in [1.807, 2.05) is 0 Å². The number of para-hydroxylation sites is 1. The molecule has 2 N–H and O–H groups in total. The number of halogens is 3. The van der Waals surface area contributed by atoms with Gasteiger partial charge in [0.2, 0.25) is 0 Å². The fourth-order valence-electron chi connectivity index (χ4n) is 1.95. The molecule has 1 nitrogen and oxygen atoms in total. The SMILES string of the molecule is Nc1ccccc1C(CC1CC1)C(F)(F)F. The molecular weight excluding hydrogens is 215 g/mol. The molecule has 0 bridgehead atoms. The van der Waals surface area contributed by atoms with E-state index >= 15 is 0 Å². The van der Waals surface area contributed by atoms with Crippen molar-refractivity contribution >= 4 is 5.69 Å². The van der Waals surface area contributed by atoms with Gasteiger partial charge in [-0.1, -0.05) is 31.0 Å². The fraction of sp³-hybridized carbons (Fsp3) is 0.500. The van der Waals surface area contributed by atoms with E-state index in [1.54, 1.807) is 12.1 Å². The Morgan fingerprint density at radius 1 is 1.25 bits per heavy atom. The number of alkyl halides is 3. The molecule has 1 unspecified atom stereocenters. The minimum Gasteiger partial charge on any atom is -0.398 e. The van der Waals surface area contributed by atoms with E-state index in [2.05, 4.69) is 0 Å². The number of benzene rings is 1. The van der Waals surface area contributed by atoms with E-state index in [9.17, 15) is 13.2 Å². The van der Waals surface area contributed by atoms with Gasteiger partial charge in [0.15, 0.2) is 0 Å². The zero-order chi connectivity index (χ0) is 11.8. The highest BCUT2D eigenvalue weighted by atomic mass is 19.4. The van der Waals surface area contributed by atoms with E-state index in [0.29, 0.717) is 0 Å². The Balaban J connectivity index is 2.27. The lowest BCUT2D eigenvalue weighted by molar-refractivity contribution is -0.152. The van der Waals surface area contributed by atoms with Crippen LogP contribution in [0.5, 0.6) is 0 Å². The molecule has 1 aliphatic carbocycles. The normalized spacial score (nSPS) is 18.4. The summed E-state index contributed by atoms with van der Waals surface area (Å²) >= 11 is 0. The average molecular weight is 229 g/mol. The van der Waals surface area contributed by atoms with Crippen molar-refractivity contribution in [2.75, 3.05) is 5.73 Å².